The van der Waals surface area contributed by atoms with Gasteiger partial charge in [0.05, 0.1) is 12.1 Å². The van der Waals surface area contributed by atoms with E-state index in [1.54, 1.807) is 16.8 Å². The van der Waals surface area contributed by atoms with Crippen molar-refractivity contribution in [2.75, 3.05) is 18.4 Å². The van der Waals surface area contributed by atoms with Crippen LogP contribution in [0, 0.1) is 12.3 Å². The predicted molar refractivity (Wildman–Crippen MR) is 126 cm³/mol. The lowest BCUT2D eigenvalue weighted by Crippen LogP contribution is -2.25. The van der Waals surface area contributed by atoms with E-state index in [2.05, 4.69) is 38.7 Å². The molecular formula is C25H24N6O. The zero-order chi connectivity index (χ0) is 22.1. The summed E-state index contributed by atoms with van der Waals surface area (Å²) in [4.78, 5) is 22.1. The Morgan fingerprint density at radius 3 is 2.81 bits per heavy atom. The van der Waals surface area contributed by atoms with E-state index < -0.39 is 0 Å². The summed E-state index contributed by atoms with van der Waals surface area (Å²) >= 11 is 0. The van der Waals surface area contributed by atoms with Crippen LogP contribution in [-0.2, 0) is 13.6 Å². The maximum Gasteiger partial charge on any atom is 0.268 e. The van der Waals surface area contributed by atoms with Gasteiger partial charge in [-0.3, -0.25) is 9.36 Å². The van der Waals surface area contributed by atoms with E-state index in [0.29, 0.717) is 29.6 Å². The molecule has 160 valence electrons. The average molecular weight is 425 g/mol. The summed E-state index contributed by atoms with van der Waals surface area (Å²) in [5.74, 6) is 3.49. The molecule has 2 N–H and O–H groups in total. The lowest BCUT2D eigenvalue weighted by Gasteiger charge is -2.13. The van der Waals surface area contributed by atoms with Gasteiger partial charge in [-0.2, -0.15) is 4.98 Å². The Kier molecular flexibility index (Phi) is 5.21. The van der Waals surface area contributed by atoms with Crippen molar-refractivity contribution in [3.05, 3.63) is 82.0 Å². The smallest absolute Gasteiger partial charge is 0.268 e. The number of aromatic nitrogens is 4. The average Bonchev–Trinajstić information content (AvgIpc) is 3.48. The first-order valence-electron chi connectivity index (χ1n) is 10.7. The van der Waals surface area contributed by atoms with E-state index in [-0.39, 0.29) is 5.56 Å². The third kappa shape index (κ3) is 3.77. The number of nitrogens with zero attached hydrogens (tertiary/aromatic N) is 4. The molecule has 4 heterocycles. The van der Waals surface area contributed by atoms with Crippen molar-refractivity contribution in [1.82, 2.24) is 24.4 Å². The number of anilines is 2. The maximum absolute atomic E-state index is 13.0. The number of hydrogen-bond donors (Lipinski definition) is 2. The van der Waals surface area contributed by atoms with Gasteiger partial charge in [-0.1, -0.05) is 18.1 Å². The Morgan fingerprint density at radius 2 is 2.12 bits per heavy atom. The van der Waals surface area contributed by atoms with Crippen LogP contribution in [0.15, 0.2) is 59.7 Å². The van der Waals surface area contributed by atoms with Crippen LogP contribution in [-0.4, -0.2) is 32.2 Å². The Bertz CT molecular complexity index is 1370. The Hall–Kier alpha value is -3.89. The molecule has 1 aromatic carbocycles. The summed E-state index contributed by atoms with van der Waals surface area (Å²) in [5, 5.41) is 7.39. The second-order valence-electron chi connectivity index (χ2n) is 8.11. The number of fused-ring (bicyclic) bond motifs is 1. The molecule has 1 fully saturated rings. The molecular weight excluding hydrogens is 400 g/mol. The molecule has 0 saturated carbocycles. The van der Waals surface area contributed by atoms with Crippen molar-refractivity contribution >= 4 is 22.7 Å². The van der Waals surface area contributed by atoms with Gasteiger partial charge < -0.3 is 15.2 Å². The number of hydrogen-bond acceptors (Lipinski definition) is 5. The van der Waals surface area contributed by atoms with Gasteiger partial charge in [-0.15, -0.1) is 6.42 Å². The van der Waals surface area contributed by atoms with Gasteiger partial charge in [0.1, 0.15) is 5.65 Å². The third-order valence-corrected chi connectivity index (χ3v) is 6.05. The standard InChI is InChI=1S/C25H24N6O/c1-3-17-13-20-15-27-25(28-21-8-6-18(7-9-21)19-10-11-26-14-19)29-23(20)31(24(17)32)16-22-5-4-12-30(22)2/h1,4-9,12-13,15,19,26H,10-11,14,16H2,2H3,(H,27,28,29). The molecule has 0 bridgehead atoms. The van der Waals surface area contributed by atoms with E-state index in [9.17, 15) is 4.79 Å². The maximum atomic E-state index is 13.0. The van der Waals surface area contributed by atoms with Crippen LogP contribution in [0.2, 0.25) is 0 Å². The van der Waals surface area contributed by atoms with E-state index in [4.69, 9.17) is 6.42 Å². The van der Waals surface area contributed by atoms with Gasteiger partial charge >= 0.3 is 0 Å². The number of benzene rings is 1. The molecule has 0 aliphatic carbocycles. The molecule has 5 rings (SSSR count). The van der Waals surface area contributed by atoms with Crippen LogP contribution in [0.1, 0.15) is 29.2 Å². The van der Waals surface area contributed by atoms with Crippen molar-refractivity contribution in [3.8, 4) is 12.3 Å². The first-order chi connectivity index (χ1) is 15.6. The molecule has 7 nitrogen and oxygen atoms in total. The van der Waals surface area contributed by atoms with Gasteiger partial charge in [0.25, 0.3) is 5.56 Å². The highest BCUT2D eigenvalue weighted by atomic mass is 16.1. The summed E-state index contributed by atoms with van der Waals surface area (Å²) in [6.07, 6.45) is 10.4. The Balaban J connectivity index is 1.50. The van der Waals surface area contributed by atoms with Gasteiger partial charge in [0.2, 0.25) is 5.95 Å². The van der Waals surface area contributed by atoms with E-state index in [1.165, 1.54) is 12.0 Å². The minimum absolute atomic E-state index is 0.236. The summed E-state index contributed by atoms with van der Waals surface area (Å²) < 4.78 is 3.59. The minimum Gasteiger partial charge on any atom is -0.353 e. The molecule has 7 heteroatoms. The summed E-state index contributed by atoms with van der Waals surface area (Å²) in [6.45, 7) is 2.47. The molecule has 32 heavy (non-hydrogen) atoms. The second-order valence-corrected chi connectivity index (χ2v) is 8.11. The molecule has 1 unspecified atom stereocenters. The Morgan fingerprint density at radius 1 is 1.28 bits per heavy atom. The van der Waals surface area contributed by atoms with Crippen LogP contribution in [0.5, 0.6) is 0 Å². The molecule has 1 aliphatic rings. The van der Waals surface area contributed by atoms with Gasteiger partial charge in [-0.25, -0.2) is 4.98 Å². The third-order valence-electron chi connectivity index (χ3n) is 6.05. The Labute approximate surface area is 186 Å². The number of rotatable bonds is 5. The van der Waals surface area contributed by atoms with Crippen LogP contribution in [0.25, 0.3) is 11.0 Å². The largest absolute Gasteiger partial charge is 0.353 e. The van der Waals surface area contributed by atoms with E-state index in [1.807, 2.05) is 42.1 Å². The molecule has 0 spiro atoms. The molecule has 4 aromatic rings. The predicted octanol–water partition coefficient (Wildman–Crippen LogP) is 2.98. The zero-order valence-corrected chi connectivity index (χ0v) is 17.9. The first kappa shape index (κ1) is 20.0. The van der Waals surface area contributed by atoms with Crippen LogP contribution in [0.3, 0.4) is 0 Å². The van der Waals surface area contributed by atoms with Crippen molar-refractivity contribution < 1.29 is 0 Å². The molecule has 0 radical (unpaired) electrons. The fourth-order valence-corrected chi connectivity index (χ4v) is 4.20. The SMILES string of the molecule is C#Cc1cc2cnc(Nc3ccc(C4CCNC4)cc3)nc2n(Cc2cccn2C)c1=O. The zero-order valence-electron chi connectivity index (χ0n) is 17.9. The van der Waals surface area contributed by atoms with Gasteiger partial charge in [0, 0.05) is 42.8 Å². The van der Waals surface area contributed by atoms with Crippen molar-refractivity contribution in [1.29, 1.82) is 0 Å². The van der Waals surface area contributed by atoms with Crippen LogP contribution < -0.4 is 16.2 Å². The first-order valence-corrected chi connectivity index (χ1v) is 10.7. The molecule has 1 aliphatic heterocycles. The highest BCUT2D eigenvalue weighted by molar-refractivity contribution is 5.77. The number of terminal acetylenes is 1. The number of aryl methyl sites for hydroxylation is 1. The van der Waals surface area contributed by atoms with E-state index >= 15 is 0 Å². The lowest BCUT2D eigenvalue weighted by atomic mass is 9.98. The summed E-state index contributed by atoms with van der Waals surface area (Å²) in [5.41, 5.74) is 3.82. The monoisotopic (exact) mass is 424 g/mol. The second kappa shape index (κ2) is 8.33. The lowest BCUT2D eigenvalue weighted by molar-refractivity contribution is 0.714. The minimum atomic E-state index is -0.236. The topological polar surface area (TPSA) is 76.8 Å². The van der Waals surface area contributed by atoms with E-state index in [0.717, 1.165) is 29.9 Å². The van der Waals surface area contributed by atoms with Crippen LogP contribution >= 0.6 is 0 Å². The van der Waals surface area contributed by atoms with Crippen molar-refractivity contribution in [2.24, 2.45) is 7.05 Å². The summed E-state index contributed by atoms with van der Waals surface area (Å²) in [6, 6.07) is 14.0. The van der Waals surface area contributed by atoms with Gasteiger partial charge in [0.15, 0.2) is 0 Å². The number of nitrogens with one attached hydrogen (secondary N) is 2. The highest BCUT2D eigenvalue weighted by Crippen LogP contribution is 2.24. The van der Waals surface area contributed by atoms with Crippen LogP contribution in [0.4, 0.5) is 11.6 Å². The van der Waals surface area contributed by atoms with Crippen molar-refractivity contribution in [3.63, 3.8) is 0 Å². The fourth-order valence-electron chi connectivity index (χ4n) is 4.20. The molecule has 0 amide bonds. The molecule has 1 saturated heterocycles. The van der Waals surface area contributed by atoms with Crippen molar-refractivity contribution in [2.45, 2.75) is 18.9 Å². The molecule has 3 aromatic heterocycles. The fraction of sp³-hybridized carbons (Fsp3) is 0.240. The normalized spacial score (nSPS) is 15.7. The quantitative estimate of drug-likeness (QED) is 0.482. The molecule has 1 atom stereocenters. The highest BCUT2D eigenvalue weighted by Gasteiger charge is 2.16. The van der Waals surface area contributed by atoms with Gasteiger partial charge in [-0.05, 0) is 54.8 Å². The number of pyridine rings is 1. The summed E-state index contributed by atoms with van der Waals surface area (Å²) in [7, 11) is 1.95.